The molecule has 1 saturated heterocycles. The molecule has 108 valence electrons. The Balaban J connectivity index is 2.66. The smallest absolute Gasteiger partial charge is 0.351 e. The number of hydrogen-bond donors (Lipinski definition) is 1. The highest BCUT2D eigenvalue weighted by Gasteiger charge is 2.64. The molecular weight excluding hydrogens is 288 g/mol. The number of carboxylic acids is 1. The van der Waals surface area contributed by atoms with Gasteiger partial charge in [-0.2, -0.15) is 0 Å². The van der Waals surface area contributed by atoms with E-state index < -0.39 is 25.7 Å². The number of nitro groups is 1. The molecule has 8 nitrogen and oxygen atoms in total. The number of sulfone groups is 1. The molecule has 0 unspecified atom stereocenters. The number of aliphatic carboxylic acids is 1. The maximum absolute atomic E-state index is 12.6. The summed E-state index contributed by atoms with van der Waals surface area (Å²) in [7, 11) is -4.41. The van der Waals surface area contributed by atoms with E-state index in [2.05, 4.69) is 0 Å². The molecule has 1 heterocycles. The van der Waals surface area contributed by atoms with Crippen molar-refractivity contribution in [3.63, 3.8) is 0 Å². The van der Waals surface area contributed by atoms with Gasteiger partial charge in [0.15, 0.2) is 5.03 Å². The van der Waals surface area contributed by atoms with E-state index in [0.29, 0.717) is 5.01 Å². The fourth-order valence-corrected chi connectivity index (χ4v) is 4.38. The van der Waals surface area contributed by atoms with Gasteiger partial charge in [0.1, 0.15) is 0 Å². The lowest BCUT2D eigenvalue weighted by atomic mass is 10.2. The summed E-state index contributed by atoms with van der Waals surface area (Å²) >= 11 is 0. The van der Waals surface area contributed by atoms with Crippen molar-refractivity contribution in [3.8, 4) is 0 Å². The number of rotatable bonds is 4. The summed E-state index contributed by atoms with van der Waals surface area (Å²) in [6, 6.07) is 6.92. The third-order valence-corrected chi connectivity index (χ3v) is 5.70. The second kappa shape index (κ2) is 4.75. The van der Waals surface area contributed by atoms with Gasteiger partial charge in [0.2, 0.25) is 9.84 Å². The molecule has 0 bridgehead atoms. The number of hydrazine groups is 1. The highest BCUT2D eigenvalue weighted by Crippen LogP contribution is 2.38. The van der Waals surface area contributed by atoms with Crippen LogP contribution in [0, 0.1) is 10.1 Å². The summed E-state index contributed by atoms with van der Waals surface area (Å²) in [5, 5.41) is 19.7. The Kier molecular flexibility index (Phi) is 3.38. The Morgan fingerprint density at radius 2 is 1.95 bits per heavy atom. The van der Waals surface area contributed by atoms with Crippen molar-refractivity contribution in [2.45, 2.75) is 22.6 Å². The maximum Gasteiger partial charge on any atom is 0.351 e. The number of carbonyl (C=O) groups is 1. The molecule has 9 heteroatoms. The molecule has 1 aromatic carbocycles. The number of nitrogens with zero attached hydrogens (tertiary/aromatic N) is 2. The van der Waals surface area contributed by atoms with Gasteiger partial charge < -0.3 is 5.11 Å². The normalized spacial score (nSPS) is 22.7. The Morgan fingerprint density at radius 1 is 1.35 bits per heavy atom. The van der Waals surface area contributed by atoms with E-state index in [9.17, 15) is 28.4 Å². The zero-order valence-electron chi connectivity index (χ0n) is 10.3. The molecule has 2 rings (SSSR count). The molecule has 0 aliphatic carbocycles. The molecule has 1 aliphatic rings. The summed E-state index contributed by atoms with van der Waals surface area (Å²) < 4.78 is 25.2. The summed E-state index contributed by atoms with van der Waals surface area (Å²) in [5.74, 6) is -1.73. The minimum Gasteiger partial charge on any atom is -0.479 e. The van der Waals surface area contributed by atoms with Gasteiger partial charge in [-0.05, 0) is 18.6 Å². The largest absolute Gasteiger partial charge is 0.479 e. The first-order valence-corrected chi connectivity index (χ1v) is 7.27. The average Bonchev–Trinajstić information content (AvgIpc) is 2.86. The average molecular weight is 300 g/mol. The lowest BCUT2D eigenvalue weighted by Crippen LogP contribution is -2.58. The highest BCUT2D eigenvalue weighted by molar-refractivity contribution is 7.93. The molecule has 0 saturated carbocycles. The molecule has 20 heavy (non-hydrogen) atoms. The Bertz CT molecular complexity index is 644. The van der Waals surface area contributed by atoms with Gasteiger partial charge in [0.05, 0.1) is 11.4 Å². The Hall–Kier alpha value is -2.16. The minimum absolute atomic E-state index is 0.124. The molecule has 1 aromatic rings. The van der Waals surface area contributed by atoms with Crippen molar-refractivity contribution in [3.05, 3.63) is 40.4 Å². The second-order valence-electron chi connectivity index (χ2n) is 4.37. The van der Waals surface area contributed by atoms with Crippen molar-refractivity contribution in [1.82, 2.24) is 5.01 Å². The van der Waals surface area contributed by atoms with Gasteiger partial charge in [-0.1, -0.05) is 23.2 Å². The molecule has 0 spiro atoms. The fraction of sp³-hybridized carbons (Fsp3) is 0.364. The van der Waals surface area contributed by atoms with Crippen LogP contribution >= 0.6 is 0 Å². The standard InChI is InChI=1S/C11H12N2O6S/c14-10(15)11(7-4-8-12(11)13(16)17)20(18,19)9-5-2-1-3-6-9/h1-3,5-6H,4,7-8H2,(H,14,15)/t11-/m1/s1. The van der Waals surface area contributed by atoms with Crippen LogP contribution in [0.5, 0.6) is 0 Å². The predicted molar refractivity (Wildman–Crippen MR) is 66.9 cm³/mol. The highest BCUT2D eigenvalue weighted by atomic mass is 32.2. The lowest BCUT2D eigenvalue weighted by molar-refractivity contribution is -0.660. The molecule has 1 aliphatic heterocycles. The summed E-state index contributed by atoms with van der Waals surface area (Å²) in [6.45, 7) is -0.217. The molecule has 0 radical (unpaired) electrons. The molecule has 1 fully saturated rings. The summed E-state index contributed by atoms with van der Waals surface area (Å²) in [6.07, 6.45) is -0.195. The topological polar surface area (TPSA) is 118 Å². The van der Waals surface area contributed by atoms with Gasteiger partial charge in [0, 0.05) is 6.42 Å². The van der Waals surface area contributed by atoms with E-state index in [4.69, 9.17) is 0 Å². The first kappa shape index (κ1) is 14.3. The Labute approximate surface area is 114 Å². The maximum atomic E-state index is 12.6. The first-order chi connectivity index (χ1) is 9.34. The van der Waals surface area contributed by atoms with Crippen LogP contribution in [0.15, 0.2) is 35.2 Å². The third kappa shape index (κ3) is 1.82. The summed E-state index contributed by atoms with van der Waals surface area (Å²) in [4.78, 5) is 19.8. The van der Waals surface area contributed by atoms with Crippen molar-refractivity contribution in [2.24, 2.45) is 0 Å². The van der Waals surface area contributed by atoms with E-state index in [1.807, 2.05) is 0 Å². The SMILES string of the molecule is O=C(O)[C@]1(S(=O)(=O)c2ccccc2)CCCN1[N+](=O)[O-]. The van der Waals surface area contributed by atoms with Gasteiger partial charge in [-0.15, -0.1) is 0 Å². The van der Waals surface area contributed by atoms with Crippen LogP contribution in [0.3, 0.4) is 0 Å². The van der Waals surface area contributed by atoms with Crippen LogP contribution in [0.1, 0.15) is 12.8 Å². The van der Waals surface area contributed by atoms with Crippen LogP contribution in [0.4, 0.5) is 0 Å². The van der Waals surface area contributed by atoms with Crippen molar-refractivity contribution in [2.75, 3.05) is 6.54 Å². The zero-order valence-corrected chi connectivity index (χ0v) is 11.1. The zero-order chi connectivity index (χ0) is 15.0. The van der Waals surface area contributed by atoms with Gasteiger partial charge >= 0.3 is 5.97 Å². The molecule has 1 atom stereocenters. The van der Waals surface area contributed by atoms with E-state index in [1.165, 1.54) is 24.3 Å². The van der Waals surface area contributed by atoms with E-state index >= 15 is 0 Å². The molecule has 1 N–H and O–H groups in total. The molecule has 0 amide bonds. The minimum atomic E-state index is -4.41. The number of benzene rings is 1. The number of carboxylic acid groups (broad SMARTS) is 1. The first-order valence-electron chi connectivity index (χ1n) is 5.79. The van der Waals surface area contributed by atoms with Crippen molar-refractivity contribution >= 4 is 15.8 Å². The molecular formula is C11H12N2O6S. The van der Waals surface area contributed by atoms with Gasteiger partial charge in [-0.25, -0.2) is 23.3 Å². The van der Waals surface area contributed by atoms with Crippen LogP contribution in [0.2, 0.25) is 0 Å². The monoisotopic (exact) mass is 300 g/mol. The Morgan fingerprint density at radius 3 is 2.45 bits per heavy atom. The number of hydrogen-bond acceptors (Lipinski definition) is 5. The summed E-state index contributed by atoms with van der Waals surface area (Å²) in [5.41, 5.74) is 0. The van der Waals surface area contributed by atoms with E-state index in [-0.39, 0.29) is 24.3 Å². The van der Waals surface area contributed by atoms with Crippen LogP contribution in [-0.4, -0.2) is 41.0 Å². The molecule has 0 aromatic heterocycles. The quantitative estimate of drug-likeness (QED) is 0.636. The second-order valence-corrected chi connectivity index (χ2v) is 6.52. The van der Waals surface area contributed by atoms with Crippen molar-refractivity contribution < 1.29 is 23.4 Å². The van der Waals surface area contributed by atoms with E-state index in [0.717, 1.165) is 0 Å². The van der Waals surface area contributed by atoms with Gasteiger partial charge in [0.25, 0.3) is 4.87 Å². The van der Waals surface area contributed by atoms with Gasteiger partial charge in [-0.3, -0.25) is 0 Å². The fourth-order valence-electron chi connectivity index (χ4n) is 2.39. The van der Waals surface area contributed by atoms with Crippen molar-refractivity contribution in [1.29, 1.82) is 0 Å². The third-order valence-electron chi connectivity index (χ3n) is 3.33. The van der Waals surface area contributed by atoms with Crippen LogP contribution in [-0.2, 0) is 14.6 Å². The predicted octanol–water partition coefficient (Wildman–Crippen LogP) is 0.529. The van der Waals surface area contributed by atoms with Crippen LogP contribution in [0.25, 0.3) is 0 Å². The van der Waals surface area contributed by atoms with Crippen LogP contribution < -0.4 is 0 Å². The van der Waals surface area contributed by atoms with E-state index in [1.54, 1.807) is 6.07 Å². The lowest BCUT2D eigenvalue weighted by Gasteiger charge is -2.27.